The van der Waals surface area contributed by atoms with E-state index < -0.39 is 0 Å². The lowest BCUT2D eigenvalue weighted by Crippen LogP contribution is -2.41. The highest BCUT2D eigenvalue weighted by Gasteiger charge is 2.40. The summed E-state index contributed by atoms with van der Waals surface area (Å²) in [5.41, 5.74) is 0.879. The Bertz CT molecular complexity index is 399. The molecule has 1 fully saturated rings. The number of rotatable bonds is 4. The summed E-state index contributed by atoms with van der Waals surface area (Å²) in [5.74, 6) is 0.795. The zero-order chi connectivity index (χ0) is 13.0. The molecule has 0 spiro atoms. The van der Waals surface area contributed by atoms with Crippen LogP contribution in [0.1, 0.15) is 38.7 Å². The minimum Gasteiger partial charge on any atom is -0.376 e. The molecule has 0 bridgehead atoms. The van der Waals surface area contributed by atoms with Gasteiger partial charge in [0, 0.05) is 6.42 Å². The van der Waals surface area contributed by atoms with Crippen LogP contribution >= 0.6 is 0 Å². The third-order valence-electron chi connectivity index (χ3n) is 4.28. The maximum atomic E-state index is 12.1. The summed E-state index contributed by atoms with van der Waals surface area (Å²) in [6.45, 7) is 5.37. The van der Waals surface area contributed by atoms with Crippen LogP contribution in [0.2, 0.25) is 0 Å². The molecule has 2 heteroatoms. The van der Waals surface area contributed by atoms with Gasteiger partial charge in [0.25, 0.3) is 0 Å². The monoisotopic (exact) mass is 246 g/mol. The van der Waals surface area contributed by atoms with Crippen molar-refractivity contribution in [1.82, 2.24) is 0 Å². The predicted octanol–water partition coefficient (Wildman–Crippen LogP) is 3.60. The van der Waals surface area contributed by atoms with E-state index in [1.54, 1.807) is 0 Å². The Morgan fingerprint density at radius 2 is 2.06 bits per heavy atom. The molecule has 2 rings (SSSR count). The van der Waals surface area contributed by atoms with E-state index in [9.17, 15) is 4.79 Å². The van der Waals surface area contributed by atoms with Gasteiger partial charge in [-0.2, -0.15) is 0 Å². The lowest BCUT2D eigenvalue weighted by Gasteiger charge is -2.37. The predicted molar refractivity (Wildman–Crippen MR) is 72.2 cm³/mol. The lowest BCUT2D eigenvalue weighted by atomic mass is 9.68. The second kappa shape index (κ2) is 5.66. The Hall–Kier alpha value is -1.15. The fourth-order valence-corrected chi connectivity index (χ4v) is 2.63. The summed E-state index contributed by atoms with van der Waals surface area (Å²) >= 11 is 0. The third kappa shape index (κ3) is 2.81. The van der Waals surface area contributed by atoms with Crippen molar-refractivity contribution in [2.24, 2.45) is 11.3 Å². The van der Waals surface area contributed by atoms with Gasteiger partial charge in [-0.25, -0.2) is 0 Å². The molecule has 0 amide bonds. The topological polar surface area (TPSA) is 26.3 Å². The summed E-state index contributed by atoms with van der Waals surface area (Å²) < 4.78 is 5.78. The minimum absolute atomic E-state index is 0.285. The number of hydrogen-bond donors (Lipinski definition) is 0. The molecule has 0 N–H and O–H groups in total. The minimum atomic E-state index is -0.285. The van der Waals surface area contributed by atoms with Crippen molar-refractivity contribution in [2.45, 2.75) is 39.7 Å². The summed E-state index contributed by atoms with van der Waals surface area (Å²) in [7, 11) is 0. The van der Waals surface area contributed by atoms with Crippen LogP contribution in [0.25, 0.3) is 0 Å². The largest absolute Gasteiger partial charge is 0.376 e. The second-order valence-electron chi connectivity index (χ2n) is 5.61. The molecular weight excluding hydrogens is 224 g/mol. The molecule has 0 radical (unpaired) electrons. The van der Waals surface area contributed by atoms with Gasteiger partial charge in [-0.15, -0.1) is 0 Å². The van der Waals surface area contributed by atoms with E-state index in [1.807, 2.05) is 18.2 Å². The van der Waals surface area contributed by atoms with E-state index in [4.69, 9.17) is 4.74 Å². The Labute approximate surface area is 109 Å². The van der Waals surface area contributed by atoms with Crippen LogP contribution in [0.3, 0.4) is 0 Å². The van der Waals surface area contributed by atoms with E-state index in [2.05, 4.69) is 26.0 Å². The highest BCUT2D eigenvalue weighted by Crippen LogP contribution is 2.38. The number of carbonyl (C=O) groups excluding carboxylic acids is 1. The SMILES string of the molecule is C[C@H]1CCCC(=O)[C@]1(C)COCc1ccccc1. The van der Waals surface area contributed by atoms with Gasteiger partial charge in [-0.1, -0.05) is 44.2 Å². The number of Topliss-reactive ketones (excluding diaryl/α,β-unsaturated/α-hetero) is 1. The zero-order valence-corrected chi connectivity index (χ0v) is 11.3. The molecule has 0 aromatic heterocycles. The van der Waals surface area contributed by atoms with Crippen LogP contribution in [-0.2, 0) is 16.1 Å². The number of hydrogen-bond acceptors (Lipinski definition) is 2. The van der Waals surface area contributed by atoms with Crippen molar-refractivity contribution >= 4 is 5.78 Å². The van der Waals surface area contributed by atoms with Crippen LogP contribution in [-0.4, -0.2) is 12.4 Å². The average molecular weight is 246 g/mol. The van der Waals surface area contributed by atoms with E-state index in [1.165, 1.54) is 0 Å². The molecule has 1 aromatic carbocycles. The fourth-order valence-electron chi connectivity index (χ4n) is 2.63. The zero-order valence-electron chi connectivity index (χ0n) is 11.3. The van der Waals surface area contributed by atoms with Crippen LogP contribution in [0.4, 0.5) is 0 Å². The Kier molecular flexibility index (Phi) is 4.18. The molecule has 2 nitrogen and oxygen atoms in total. The summed E-state index contributed by atoms with van der Waals surface area (Å²) in [4.78, 5) is 12.1. The molecule has 0 aliphatic heterocycles. The first-order chi connectivity index (χ1) is 8.63. The van der Waals surface area contributed by atoms with E-state index in [-0.39, 0.29) is 5.41 Å². The first-order valence-corrected chi connectivity index (χ1v) is 6.78. The number of ketones is 1. The van der Waals surface area contributed by atoms with Gasteiger partial charge in [0.05, 0.1) is 18.6 Å². The number of carbonyl (C=O) groups is 1. The molecule has 0 heterocycles. The average Bonchev–Trinajstić information content (AvgIpc) is 2.38. The molecular formula is C16H22O2. The fraction of sp³-hybridized carbons (Fsp3) is 0.562. The number of ether oxygens (including phenoxy) is 1. The van der Waals surface area contributed by atoms with Crippen molar-refractivity contribution in [2.75, 3.05) is 6.61 Å². The van der Waals surface area contributed by atoms with E-state index >= 15 is 0 Å². The van der Waals surface area contributed by atoms with Gasteiger partial charge < -0.3 is 4.74 Å². The van der Waals surface area contributed by atoms with Crippen LogP contribution in [0.15, 0.2) is 30.3 Å². The lowest BCUT2D eigenvalue weighted by molar-refractivity contribution is -0.138. The van der Waals surface area contributed by atoms with Crippen LogP contribution in [0, 0.1) is 11.3 Å². The highest BCUT2D eigenvalue weighted by atomic mass is 16.5. The summed E-state index contributed by atoms with van der Waals surface area (Å²) in [5, 5.41) is 0. The van der Waals surface area contributed by atoms with Crippen molar-refractivity contribution in [1.29, 1.82) is 0 Å². The van der Waals surface area contributed by atoms with Crippen molar-refractivity contribution in [3.05, 3.63) is 35.9 Å². The first kappa shape index (κ1) is 13.3. The van der Waals surface area contributed by atoms with Crippen LogP contribution in [0.5, 0.6) is 0 Å². The molecule has 1 aromatic rings. The molecule has 0 unspecified atom stereocenters. The van der Waals surface area contributed by atoms with Gasteiger partial charge >= 0.3 is 0 Å². The smallest absolute Gasteiger partial charge is 0.141 e. The maximum absolute atomic E-state index is 12.1. The van der Waals surface area contributed by atoms with Crippen molar-refractivity contribution < 1.29 is 9.53 Å². The normalized spacial score (nSPS) is 28.3. The Balaban J connectivity index is 1.90. The van der Waals surface area contributed by atoms with Gasteiger partial charge in [0.15, 0.2) is 0 Å². The summed E-state index contributed by atoms with van der Waals surface area (Å²) in [6.07, 6.45) is 2.89. The number of benzene rings is 1. The molecule has 1 saturated carbocycles. The van der Waals surface area contributed by atoms with Gasteiger partial charge in [-0.05, 0) is 24.3 Å². The van der Waals surface area contributed by atoms with Gasteiger partial charge in [-0.3, -0.25) is 4.79 Å². The first-order valence-electron chi connectivity index (χ1n) is 6.78. The molecule has 1 aliphatic carbocycles. The Morgan fingerprint density at radius 3 is 2.72 bits per heavy atom. The molecule has 18 heavy (non-hydrogen) atoms. The molecule has 1 aliphatic rings. The van der Waals surface area contributed by atoms with Gasteiger partial charge in [0.2, 0.25) is 0 Å². The van der Waals surface area contributed by atoms with Gasteiger partial charge in [0.1, 0.15) is 5.78 Å². The second-order valence-corrected chi connectivity index (χ2v) is 5.61. The Morgan fingerprint density at radius 1 is 1.33 bits per heavy atom. The maximum Gasteiger partial charge on any atom is 0.141 e. The third-order valence-corrected chi connectivity index (χ3v) is 4.28. The molecule has 98 valence electrons. The van der Waals surface area contributed by atoms with E-state index in [0.29, 0.717) is 24.9 Å². The van der Waals surface area contributed by atoms with Crippen LogP contribution < -0.4 is 0 Å². The summed E-state index contributed by atoms with van der Waals surface area (Å²) in [6, 6.07) is 10.1. The quantitative estimate of drug-likeness (QED) is 0.811. The molecule has 0 saturated heterocycles. The van der Waals surface area contributed by atoms with Crippen molar-refractivity contribution in [3.63, 3.8) is 0 Å². The van der Waals surface area contributed by atoms with Crippen molar-refractivity contribution in [3.8, 4) is 0 Å². The standard InChI is InChI=1S/C16H22O2/c1-13-7-6-10-15(17)16(13,2)12-18-11-14-8-4-3-5-9-14/h3-5,8-9,13H,6-7,10-12H2,1-2H3/t13-,16+/m0/s1. The highest BCUT2D eigenvalue weighted by molar-refractivity contribution is 5.85. The van der Waals surface area contributed by atoms with E-state index in [0.717, 1.165) is 24.8 Å². The molecule has 2 atom stereocenters.